The normalized spacial score (nSPS) is 13.0. The van der Waals surface area contributed by atoms with Gasteiger partial charge in [-0.25, -0.2) is 5.09 Å². The number of esters is 1. The van der Waals surface area contributed by atoms with Crippen LogP contribution in [0.2, 0.25) is 0 Å². The number of hydrogen-bond acceptors (Lipinski definition) is 4. The fourth-order valence-corrected chi connectivity index (χ4v) is 4.34. The predicted octanol–water partition coefficient (Wildman–Crippen LogP) is 7.46. The molecular formula is C25H44NO4P. The van der Waals surface area contributed by atoms with Crippen molar-refractivity contribution >= 4 is 14.1 Å². The van der Waals surface area contributed by atoms with Crippen molar-refractivity contribution < 1.29 is 18.6 Å². The molecule has 0 aliphatic rings. The number of nitrogens with one attached hydrogen (secondary N) is 1. The SMILES string of the molecule is CCCCCCCCCCCCCCCCOC(=O)[C@H](C)N[PH](=O)Oc1ccccc1. The number of carbonyl (C=O) groups excluding carboxylic acids is 1. The van der Waals surface area contributed by atoms with Gasteiger partial charge in [0.15, 0.2) is 0 Å². The summed E-state index contributed by atoms with van der Waals surface area (Å²) in [5, 5.41) is 2.68. The van der Waals surface area contributed by atoms with Crippen molar-refractivity contribution in [2.75, 3.05) is 6.61 Å². The summed E-state index contributed by atoms with van der Waals surface area (Å²) in [6.45, 7) is 4.33. The molecule has 1 rings (SSSR count). The lowest BCUT2D eigenvalue weighted by Gasteiger charge is -2.13. The molecule has 0 heterocycles. The second-order valence-electron chi connectivity index (χ2n) is 8.33. The van der Waals surface area contributed by atoms with E-state index in [-0.39, 0.29) is 5.97 Å². The summed E-state index contributed by atoms with van der Waals surface area (Å²) < 4.78 is 22.6. The number of unbranched alkanes of at least 4 members (excludes halogenated alkanes) is 13. The van der Waals surface area contributed by atoms with E-state index < -0.39 is 14.2 Å². The zero-order valence-corrected chi connectivity index (χ0v) is 20.7. The molecule has 0 aromatic heterocycles. The van der Waals surface area contributed by atoms with Crippen LogP contribution in [-0.4, -0.2) is 18.6 Å². The van der Waals surface area contributed by atoms with Gasteiger partial charge in [0.25, 0.3) is 0 Å². The lowest BCUT2D eigenvalue weighted by Crippen LogP contribution is -2.31. The Hall–Kier alpha value is -1.32. The van der Waals surface area contributed by atoms with Crippen molar-refractivity contribution in [1.29, 1.82) is 0 Å². The zero-order chi connectivity index (χ0) is 22.6. The molecule has 0 fully saturated rings. The van der Waals surface area contributed by atoms with Crippen LogP contribution in [0.25, 0.3) is 0 Å². The molecule has 0 bridgehead atoms. The van der Waals surface area contributed by atoms with Crippen LogP contribution in [0.1, 0.15) is 104 Å². The monoisotopic (exact) mass is 453 g/mol. The average molecular weight is 454 g/mol. The Labute approximate surface area is 190 Å². The van der Waals surface area contributed by atoms with Crippen molar-refractivity contribution in [3.8, 4) is 5.75 Å². The molecule has 0 radical (unpaired) electrons. The lowest BCUT2D eigenvalue weighted by molar-refractivity contribution is -0.145. The molecule has 0 saturated carbocycles. The van der Waals surface area contributed by atoms with Gasteiger partial charge in [0.1, 0.15) is 11.8 Å². The third-order valence-electron chi connectivity index (χ3n) is 5.38. The Kier molecular flexibility index (Phi) is 17.3. The number of benzene rings is 1. The van der Waals surface area contributed by atoms with Crippen LogP contribution >= 0.6 is 8.18 Å². The first-order chi connectivity index (χ1) is 15.1. The number of ether oxygens (including phenoxy) is 1. The molecule has 178 valence electrons. The molecular weight excluding hydrogens is 409 g/mol. The summed E-state index contributed by atoms with van der Waals surface area (Å²) in [7, 11) is -2.55. The molecule has 5 nitrogen and oxygen atoms in total. The Bertz CT molecular complexity index is 582. The van der Waals surface area contributed by atoms with E-state index in [0.29, 0.717) is 12.4 Å². The fourth-order valence-electron chi connectivity index (χ4n) is 3.46. The van der Waals surface area contributed by atoms with E-state index in [9.17, 15) is 9.36 Å². The van der Waals surface area contributed by atoms with Gasteiger partial charge in [0.2, 0.25) is 0 Å². The van der Waals surface area contributed by atoms with Crippen LogP contribution < -0.4 is 9.61 Å². The first-order valence-electron chi connectivity index (χ1n) is 12.3. The number of rotatable bonds is 20. The van der Waals surface area contributed by atoms with E-state index >= 15 is 0 Å². The predicted molar refractivity (Wildman–Crippen MR) is 130 cm³/mol. The third-order valence-corrected chi connectivity index (χ3v) is 6.47. The Morgan fingerprint density at radius 1 is 0.839 bits per heavy atom. The Morgan fingerprint density at radius 3 is 1.84 bits per heavy atom. The second-order valence-corrected chi connectivity index (χ2v) is 9.40. The zero-order valence-electron chi connectivity index (χ0n) is 19.7. The minimum atomic E-state index is -2.55. The largest absolute Gasteiger partial charge is 0.465 e. The lowest BCUT2D eigenvalue weighted by atomic mass is 10.0. The van der Waals surface area contributed by atoms with Crippen molar-refractivity contribution in [3.63, 3.8) is 0 Å². The molecule has 0 saturated heterocycles. The molecule has 1 aromatic carbocycles. The summed E-state index contributed by atoms with van der Waals surface area (Å²) in [6.07, 6.45) is 18.2. The standard InChI is InChI=1S/C25H44NO4P/c1-3-4-5-6-7-8-9-10-11-12-13-14-15-19-22-29-25(27)23(2)26-31(28)30-24-20-17-16-18-21-24/h16-18,20-21,23,31H,3-15,19,22H2,1-2H3,(H,26,28)/t23-/m0/s1. The van der Waals surface area contributed by atoms with Gasteiger partial charge in [-0.15, -0.1) is 0 Å². The van der Waals surface area contributed by atoms with Gasteiger partial charge in [0, 0.05) is 0 Å². The molecule has 2 atom stereocenters. The minimum Gasteiger partial charge on any atom is -0.465 e. The van der Waals surface area contributed by atoms with Gasteiger partial charge >= 0.3 is 14.1 Å². The maximum Gasteiger partial charge on any atom is 0.323 e. The van der Waals surface area contributed by atoms with E-state index in [4.69, 9.17) is 9.26 Å². The number of carbonyl (C=O) groups is 1. The maximum atomic E-state index is 12.0. The van der Waals surface area contributed by atoms with Gasteiger partial charge < -0.3 is 9.26 Å². The molecule has 6 heteroatoms. The molecule has 0 amide bonds. The highest BCUT2D eigenvalue weighted by molar-refractivity contribution is 7.37. The highest BCUT2D eigenvalue weighted by atomic mass is 31.1. The van der Waals surface area contributed by atoms with Crippen LogP contribution in [0.5, 0.6) is 5.75 Å². The van der Waals surface area contributed by atoms with Crippen LogP contribution in [0.3, 0.4) is 0 Å². The topological polar surface area (TPSA) is 64.6 Å². The van der Waals surface area contributed by atoms with E-state index in [1.54, 1.807) is 31.2 Å². The second kappa shape index (κ2) is 19.4. The molecule has 0 aliphatic heterocycles. The smallest absolute Gasteiger partial charge is 0.323 e. The van der Waals surface area contributed by atoms with E-state index in [2.05, 4.69) is 12.0 Å². The molecule has 31 heavy (non-hydrogen) atoms. The van der Waals surface area contributed by atoms with Gasteiger partial charge in [-0.1, -0.05) is 109 Å². The molecule has 1 N–H and O–H groups in total. The van der Waals surface area contributed by atoms with Gasteiger partial charge in [-0.3, -0.25) is 9.36 Å². The van der Waals surface area contributed by atoms with Gasteiger partial charge in [-0.2, -0.15) is 0 Å². The Balaban J connectivity index is 1.90. The van der Waals surface area contributed by atoms with Crippen LogP contribution in [0, 0.1) is 0 Å². The van der Waals surface area contributed by atoms with Gasteiger partial charge in [-0.05, 0) is 25.5 Å². The van der Waals surface area contributed by atoms with E-state index in [1.165, 1.54) is 77.0 Å². The summed E-state index contributed by atoms with van der Waals surface area (Å²) in [5.74, 6) is 0.131. The molecule has 0 aliphatic carbocycles. The summed E-state index contributed by atoms with van der Waals surface area (Å²) in [4.78, 5) is 12.0. The van der Waals surface area contributed by atoms with E-state index in [0.717, 1.165) is 12.8 Å². The van der Waals surface area contributed by atoms with E-state index in [1.807, 2.05) is 6.07 Å². The van der Waals surface area contributed by atoms with Crippen molar-refractivity contribution in [1.82, 2.24) is 5.09 Å². The minimum absolute atomic E-state index is 0.385. The Morgan fingerprint density at radius 2 is 1.32 bits per heavy atom. The molecule has 1 unspecified atom stereocenters. The van der Waals surface area contributed by atoms with Crippen LogP contribution in [0.4, 0.5) is 0 Å². The summed E-state index contributed by atoms with van der Waals surface area (Å²) in [6, 6.07) is 8.26. The fraction of sp³-hybridized carbons (Fsp3) is 0.720. The molecule has 0 spiro atoms. The average Bonchev–Trinajstić information content (AvgIpc) is 2.76. The van der Waals surface area contributed by atoms with Crippen LogP contribution in [0.15, 0.2) is 30.3 Å². The highest BCUT2D eigenvalue weighted by Gasteiger charge is 2.17. The summed E-state index contributed by atoms with van der Waals surface area (Å²) >= 11 is 0. The third kappa shape index (κ3) is 16.0. The maximum absolute atomic E-state index is 12.0. The number of hydrogen-bond donors (Lipinski definition) is 1. The number of para-hydroxylation sites is 1. The highest BCUT2D eigenvalue weighted by Crippen LogP contribution is 2.23. The first kappa shape index (κ1) is 27.7. The van der Waals surface area contributed by atoms with Crippen molar-refractivity contribution in [2.45, 2.75) is 110 Å². The van der Waals surface area contributed by atoms with Crippen molar-refractivity contribution in [2.24, 2.45) is 0 Å². The summed E-state index contributed by atoms with van der Waals surface area (Å²) in [5.41, 5.74) is 0. The first-order valence-corrected chi connectivity index (χ1v) is 13.6. The van der Waals surface area contributed by atoms with Crippen LogP contribution in [-0.2, 0) is 14.1 Å². The van der Waals surface area contributed by atoms with Crippen molar-refractivity contribution in [3.05, 3.63) is 30.3 Å². The quantitative estimate of drug-likeness (QED) is 0.126. The molecule has 1 aromatic rings. The van der Waals surface area contributed by atoms with Gasteiger partial charge in [0.05, 0.1) is 6.61 Å².